The number of benzene rings is 1. The number of carbonyl (C=O) groups is 1. The molecule has 0 N–H and O–H groups in total. The lowest BCUT2D eigenvalue weighted by molar-refractivity contribution is -0.117. The smallest absolute Gasteiger partial charge is 0.161 e. The van der Waals surface area contributed by atoms with Gasteiger partial charge in [0, 0.05) is 31.3 Å². The second kappa shape index (κ2) is 13.2. The zero-order valence-corrected chi connectivity index (χ0v) is 19.6. The number of aromatic nitrogens is 2. The maximum Gasteiger partial charge on any atom is 0.161 e. The van der Waals surface area contributed by atoms with Gasteiger partial charge in [-0.2, -0.15) is 0 Å². The van der Waals surface area contributed by atoms with E-state index in [9.17, 15) is 4.79 Å². The van der Waals surface area contributed by atoms with Crippen molar-refractivity contribution in [3.8, 4) is 11.5 Å². The Balaban J connectivity index is 1.51. The number of ether oxygens (including phenoxy) is 2. The number of nitrogens with zero attached hydrogens (tertiary/aromatic N) is 3. The SMILES string of the molecule is COc1ccc(Cc2nccc(CCCCCC(C)=O)n2)cc1OCCCN1CCCC1. The number of unbranched alkanes of at least 4 members (excludes halogenated alkanes) is 2. The standard InChI is InChI=1S/C26H37N3O3/c1-21(30)9-4-3-5-10-23-13-14-27-26(28-23)20-22-11-12-24(31-2)25(19-22)32-18-8-17-29-15-6-7-16-29/h11-14,19H,3-10,15-18,20H2,1-2H3. The van der Waals surface area contributed by atoms with Gasteiger partial charge in [0.05, 0.1) is 13.7 Å². The zero-order chi connectivity index (χ0) is 22.6. The van der Waals surface area contributed by atoms with Crippen LogP contribution in [0.3, 0.4) is 0 Å². The van der Waals surface area contributed by atoms with E-state index < -0.39 is 0 Å². The van der Waals surface area contributed by atoms with Crippen molar-refractivity contribution in [2.75, 3.05) is 33.4 Å². The summed E-state index contributed by atoms with van der Waals surface area (Å²) in [5, 5.41) is 0. The molecule has 0 radical (unpaired) electrons. The summed E-state index contributed by atoms with van der Waals surface area (Å²) in [5.41, 5.74) is 2.17. The number of rotatable bonds is 14. The monoisotopic (exact) mass is 439 g/mol. The molecule has 1 aromatic heterocycles. The molecule has 0 aliphatic carbocycles. The van der Waals surface area contributed by atoms with Gasteiger partial charge < -0.3 is 19.2 Å². The molecule has 3 rings (SSSR count). The Hall–Kier alpha value is -2.47. The Bertz CT molecular complexity index is 850. The Kier molecular flexibility index (Phi) is 9.95. The third-order valence-electron chi connectivity index (χ3n) is 5.89. The van der Waals surface area contributed by atoms with Crippen LogP contribution in [-0.4, -0.2) is 54.0 Å². The van der Waals surface area contributed by atoms with Crippen molar-refractivity contribution >= 4 is 5.78 Å². The summed E-state index contributed by atoms with van der Waals surface area (Å²) in [6.07, 6.45) is 10.8. The lowest BCUT2D eigenvalue weighted by atomic mass is 10.1. The fraction of sp³-hybridized carbons (Fsp3) is 0.577. The summed E-state index contributed by atoms with van der Waals surface area (Å²) in [5.74, 6) is 2.63. The fourth-order valence-corrected chi connectivity index (χ4v) is 4.13. The topological polar surface area (TPSA) is 64.5 Å². The summed E-state index contributed by atoms with van der Waals surface area (Å²) < 4.78 is 11.6. The molecule has 1 fully saturated rings. The number of carbonyl (C=O) groups excluding carboxylic acids is 1. The molecule has 0 bridgehead atoms. The molecule has 1 saturated heterocycles. The Morgan fingerprint density at radius 2 is 1.91 bits per heavy atom. The third kappa shape index (κ3) is 8.23. The van der Waals surface area contributed by atoms with E-state index in [1.54, 1.807) is 14.0 Å². The van der Waals surface area contributed by atoms with E-state index in [2.05, 4.69) is 9.88 Å². The molecule has 174 valence electrons. The van der Waals surface area contributed by atoms with E-state index in [4.69, 9.17) is 14.5 Å². The van der Waals surface area contributed by atoms with Crippen LogP contribution in [0.5, 0.6) is 11.5 Å². The van der Waals surface area contributed by atoms with E-state index in [0.29, 0.717) is 19.4 Å². The number of likely N-dealkylation sites (tertiary alicyclic amines) is 1. The molecule has 6 heteroatoms. The number of hydrogen-bond donors (Lipinski definition) is 0. The molecule has 1 aliphatic heterocycles. The molecule has 1 aliphatic rings. The van der Waals surface area contributed by atoms with Crippen molar-refractivity contribution in [2.45, 2.75) is 64.7 Å². The fourth-order valence-electron chi connectivity index (χ4n) is 4.13. The molecule has 0 spiro atoms. The van der Waals surface area contributed by atoms with Crippen molar-refractivity contribution in [1.29, 1.82) is 0 Å². The predicted octanol–water partition coefficient (Wildman–Crippen LogP) is 4.63. The van der Waals surface area contributed by atoms with E-state index in [0.717, 1.165) is 67.2 Å². The highest BCUT2D eigenvalue weighted by Crippen LogP contribution is 2.29. The van der Waals surface area contributed by atoms with Gasteiger partial charge in [-0.1, -0.05) is 12.5 Å². The van der Waals surface area contributed by atoms with Crippen LogP contribution in [0.15, 0.2) is 30.5 Å². The zero-order valence-electron chi connectivity index (χ0n) is 19.6. The lowest BCUT2D eigenvalue weighted by Crippen LogP contribution is -2.21. The van der Waals surface area contributed by atoms with Gasteiger partial charge in [0.15, 0.2) is 11.5 Å². The first-order valence-corrected chi connectivity index (χ1v) is 12.0. The Morgan fingerprint density at radius 3 is 2.69 bits per heavy atom. The molecule has 0 atom stereocenters. The minimum Gasteiger partial charge on any atom is -0.493 e. The first-order valence-electron chi connectivity index (χ1n) is 12.0. The maximum atomic E-state index is 11.0. The average molecular weight is 440 g/mol. The van der Waals surface area contributed by atoms with E-state index >= 15 is 0 Å². The van der Waals surface area contributed by atoms with Gasteiger partial charge in [-0.25, -0.2) is 9.97 Å². The van der Waals surface area contributed by atoms with Crippen molar-refractivity contribution in [3.63, 3.8) is 0 Å². The minimum atomic E-state index is 0.267. The van der Waals surface area contributed by atoms with Gasteiger partial charge in [-0.15, -0.1) is 0 Å². The maximum absolute atomic E-state index is 11.0. The highest BCUT2D eigenvalue weighted by atomic mass is 16.5. The van der Waals surface area contributed by atoms with E-state index in [-0.39, 0.29) is 5.78 Å². The van der Waals surface area contributed by atoms with Crippen molar-refractivity contribution in [3.05, 3.63) is 47.5 Å². The van der Waals surface area contributed by atoms with Gasteiger partial charge in [-0.3, -0.25) is 0 Å². The second-order valence-electron chi connectivity index (χ2n) is 8.64. The van der Waals surface area contributed by atoms with Gasteiger partial charge in [-0.05, 0) is 82.3 Å². The molecule has 1 aromatic carbocycles. The highest BCUT2D eigenvalue weighted by molar-refractivity contribution is 5.75. The third-order valence-corrected chi connectivity index (χ3v) is 5.89. The summed E-state index contributed by atoms with van der Waals surface area (Å²) in [4.78, 5) is 22.8. The minimum absolute atomic E-state index is 0.267. The number of aryl methyl sites for hydroxylation is 1. The number of methoxy groups -OCH3 is 1. The van der Waals surface area contributed by atoms with Gasteiger partial charge in [0.2, 0.25) is 0 Å². The Morgan fingerprint density at radius 1 is 1.06 bits per heavy atom. The molecule has 2 heterocycles. The van der Waals surface area contributed by atoms with Crippen molar-refractivity contribution in [2.24, 2.45) is 0 Å². The Labute approximate surface area is 192 Å². The average Bonchev–Trinajstić information content (AvgIpc) is 3.30. The molecule has 32 heavy (non-hydrogen) atoms. The summed E-state index contributed by atoms with van der Waals surface area (Å²) in [6.45, 7) is 5.87. The molecule has 0 saturated carbocycles. The van der Waals surface area contributed by atoms with Crippen molar-refractivity contribution in [1.82, 2.24) is 14.9 Å². The van der Waals surface area contributed by atoms with Gasteiger partial charge in [0.1, 0.15) is 11.6 Å². The van der Waals surface area contributed by atoms with Crippen LogP contribution in [0.2, 0.25) is 0 Å². The number of hydrogen-bond acceptors (Lipinski definition) is 6. The predicted molar refractivity (Wildman–Crippen MR) is 126 cm³/mol. The largest absolute Gasteiger partial charge is 0.493 e. The first kappa shape index (κ1) is 24.2. The number of ketones is 1. The van der Waals surface area contributed by atoms with Crippen LogP contribution in [0.25, 0.3) is 0 Å². The molecular formula is C26H37N3O3. The summed E-state index contributed by atoms with van der Waals surface area (Å²) >= 11 is 0. The normalized spacial score (nSPS) is 13.9. The second-order valence-corrected chi connectivity index (χ2v) is 8.64. The molecule has 2 aromatic rings. The molecular weight excluding hydrogens is 402 g/mol. The van der Waals surface area contributed by atoms with Gasteiger partial charge >= 0.3 is 0 Å². The lowest BCUT2D eigenvalue weighted by Gasteiger charge is -2.16. The van der Waals surface area contributed by atoms with Gasteiger partial charge in [0.25, 0.3) is 0 Å². The van der Waals surface area contributed by atoms with E-state index in [1.165, 1.54) is 25.9 Å². The van der Waals surface area contributed by atoms with Crippen molar-refractivity contribution < 1.29 is 14.3 Å². The van der Waals surface area contributed by atoms with Crippen LogP contribution in [0.1, 0.15) is 69.0 Å². The van der Waals surface area contributed by atoms with Crippen LogP contribution in [0, 0.1) is 0 Å². The molecule has 6 nitrogen and oxygen atoms in total. The van der Waals surface area contributed by atoms with E-state index in [1.807, 2.05) is 30.5 Å². The quantitative estimate of drug-likeness (QED) is 0.400. The van der Waals surface area contributed by atoms with Crippen LogP contribution < -0.4 is 9.47 Å². The summed E-state index contributed by atoms with van der Waals surface area (Å²) in [7, 11) is 1.68. The summed E-state index contributed by atoms with van der Waals surface area (Å²) in [6, 6.07) is 8.04. The highest BCUT2D eigenvalue weighted by Gasteiger charge is 2.12. The molecule has 0 amide bonds. The molecule has 0 unspecified atom stereocenters. The van der Waals surface area contributed by atoms with Crippen LogP contribution >= 0.6 is 0 Å². The van der Waals surface area contributed by atoms with Crippen LogP contribution in [0.4, 0.5) is 0 Å². The first-order chi connectivity index (χ1) is 15.6. The number of Topliss-reactive ketones (excluding diaryl/α,β-unsaturated/α-hetero) is 1. The van der Waals surface area contributed by atoms with Crippen LogP contribution in [-0.2, 0) is 17.6 Å².